The molecule has 0 saturated carbocycles. The van der Waals surface area contributed by atoms with E-state index in [1.807, 2.05) is 6.07 Å². The fourth-order valence-corrected chi connectivity index (χ4v) is 2.27. The predicted octanol–water partition coefficient (Wildman–Crippen LogP) is 2.14. The van der Waals surface area contributed by atoms with Crippen molar-refractivity contribution in [3.8, 4) is 0 Å². The summed E-state index contributed by atoms with van der Waals surface area (Å²) in [6.45, 7) is 2.23. The second-order valence-electron chi connectivity index (χ2n) is 3.29. The lowest BCUT2D eigenvalue weighted by Crippen LogP contribution is -2.43. The molecular formula is C10H12FNS. The van der Waals surface area contributed by atoms with Crippen LogP contribution in [0.2, 0.25) is 0 Å². The quantitative estimate of drug-likeness (QED) is 0.745. The highest BCUT2D eigenvalue weighted by atomic mass is 32.2. The first-order valence-electron chi connectivity index (χ1n) is 4.44. The lowest BCUT2D eigenvalue weighted by Gasteiger charge is -2.26. The van der Waals surface area contributed by atoms with Crippen molar-refractivity contribution in [2.45, 2.75) is 4.90 Å². The highest BCUT2D eigenvalue weighted by molar-refractivity contribution is 7.99. The van der Waals surface area contributed by atoms with Crippen LogP contribution in [0.1, 0.15) is 0 Å². The first-order valence-corrected chi connectivity index (χ1v) is 5.42. The number of halogens is 1. The molecule has 1 aliphatic heterocycles. The topological polar surface area (TPSA) is 12.0 Å². The monoisotopic (exact) mass is 197 g/mol. The molecule has 70 valence electrons. The van der Waals surface area contributed by atoms with Crippen molar-refractivity contribution >= 4 is 11.8 Å². The minimum atomic E-state index is -0.142. The number of hydrogen-bond donors (Lipinski definition) is 1. The van der Waals surface area contributed by atoms with Gasteiger partial charge in [0, 0.05) is 10.6 Å². The van der Waals surface area contributed by atoms with Gasteiger partial charge in [-0.25, -0.2) is 4.39 Å². The first kappa shape index (κ1) is 9.03. The Kier molecular flexibility index (Phi) is 2.86. The fourth-order valence-electron chi connectivity index (χ4n) is 1.24. The van der Waals surface area contributed by atoms with Crippen molar-refractivity contribution in [3.63, 3.8) is 0 Å². The van der Waals surface area contributed by atoms with Crippen molar-refractivity contribution in [2.24, 2.45) is 5.92 Å². The van der Waals surface area contributed by atoms with Gasteiger partial charge in [-0.15, -0.1) is 11.8 Å². The molecule has 1 fully saturated rings. The molecule has 1 aliphatic rings. The van der Waals surface area contributed by atoms with Gasteiger partial charge < -0.3 is 5.32 Å². The maximum absolute atomic E-state index is 12.8. The van der Waals surface area contributed by atoms with Crippen LogP contribution < -0.4 is 5.32 Å². The molecule has 0 radical (unpaired) electrons. The summed E-state index contributed by atoms with van der Waals surface area (Å²) < 4.78 is 12.8. The third-order valence-electron chi connectivity index (χ3n) is 2.15. The van der Waals surface area contributed by atoms with Crippen LogP contribution in [-0.4, -0.2) is 18.8 Å². The number of thioether (sulfide) groups is 1. The molecule has 0 amide bonds. The van der Waals surface area contributed by atoms with Crippen molar-refractivity contribution in [2.75, 3.05) is 18.8 Å². The van der Waals surface area contributed by atoms with Crippen LogP contribution in [-0.2, 0) is 0 Å². The summed E-state index contributed by atoms with van der Waals surface area (Å²) in [5.74, 6) is 1.72. The molecule has 0 unspecified atom stereocenters. The molecule has 1 N–H and O–H groups in total. The first-order chi connectivity index (χ1) is 6.34. The molecular weight excluding hydrogens is 185 g/mol. The Morgan fingerprint density at radius 1 is 1.46 bits per heavy atom. The maximum atomic E-state index is 12.8. The van der Waals surface area contributed by atoms with Gasteiger partial charge in [-0.2, -0.15) is 0 Å². The normalized spacial score (nSPS) is 17.0. The van der Waals surface area contributed by atoms with Gasteiger partial charge in [-0.3, -0.25) is 0 Å². The third kappa shape index (κ3) is 2.45. The summed E-state index contributed by atoms with van der Waals surface area (Å²) in [6.07, 6.45) is 0. The standard InChI is InChI=1S/C10H12FNS/c11-9-2-1-3-10(4-9)13-7-8-5-12-6-8/h1-4,8,12H,5-7H2. The van der Waals surface area contributed by atoms with Gasteiger partial charge in [0.05, 0.1) is 0 Å². The summed E-state index contributed by atoms with van der Waals surface area (Å²) in [7, 11) is 0. The lowest BCUT2D eigenvalue weighted by molar-refractivity contribution is 0.385. The van der Waals surface area contributed by atoms with Gasteiger partial charge in [0.2, 0.25) is 0 Å². The molecule has 1 aromatic carbocycles. The molecule has 0 aliphatic carbocycles. The number of hydrogen-bond acceptors (Lipinski definition) is 2. The average molecular weight is 197 g/mol. The Balaban J connectivity index is 1.86. The summed E-state index contributed by atoms with van der Waals surface area (Å²) in [6, 6.07) is 6.79. The summed E-state index contributed by atoms with van der Waals surface area (Å²) >= 11 is 1.74. The maximum Gasteiger partial charge on any atom is 0.124 e. The Morgan fingerprint density at radius 2 is 2.31 bits per heavy atom. The number of benzene rings is 1. The van der Waals surface area contributed by atoms with Gasteiger partial charge >= 0.3 is 0 Å². The Bertz CT molecular complexity index is 286. The predicted molar refractivity (Wildman–Crippen MR) is 53.5 cm³/mol. The highest BCUT2D eigenvalue weighted by Gasteiger charge is 2.16. The van der Waals surface area contributed by atoms with E-state index >= 15 is 0 Å². The Morgan fingerprint density at radius 3 is 2.92 bits per heavy atom. The van der Waals surface area contributed by atoms with Gasteiger partial charge in [-0.05, 0) is 37.2 Å². The molecule has 1 nitrogen and oxygen atoms in total. The molecule has 13 heavy (non-hydrogen) atoms. The van der Waals surface area contributed by atoms with Gasteiger partial charge in [0.1, 0.15) is 5.82 Å². The zero-order valence-corrected chi connectivity index (χ0v) is 8.11. The number of rotatable bonds is 3. The molecule has 1 saturated heterocycles. The van der Waals surface area contributed by atoms with Crippen LogP contribution in [0.3, 0.4) is 0 Å². The highest BCUT2D eigenvalue weighted by Crippen LogP contribution is 2.22. The van der Waals surface area contributed by atoms with E-state index in [2.05, 4.69) is 5.32 Å². The molecule has 1 aromatic rings. The summed E-state index contributed by atoms with van der Waals surface area (Å²) in [5.41, 5.74) is 0. The summed E-state index contributed by atoms with van der Waals surface area (Å²) in [5, 5.41) is 3.22. The third-order valence-corrected chi connectivity index (χ3v) is 3.37. The van der Waals surface area contributed by atoms with Crippen molar-refractivity contribution in [3.05, 3.63) is 30.1 Å². The Hall–Kier alpha value is -0.540. The van der Waals surface area contributed by atoms with Crippen molar-refractivity contribution in [1.82, 2.24) is 5.32 Å². The van der Waals surface area contributed by atoms with E-state index in [4.69, 9.17) is 0 Å². The van der Waals surface area contributed by atoms with E-state index in [0.29, 0.717) is 0 Å². The SMILES string of the molecule is Fc1cccc(SCC2CNC2)c1. The minimum absolute atomic E-state index is 0.142. The second-order valence-corrected chi connectivity index (χ2v) is 4.39. The van der Waals surface area contributed by atoms with E-state index in [9.17, 15) is 4.39 Å². The van der Waals surface area contributed by atoms with Gasteiger partial charge in [0.15, 0.2) is 0 Å². The molecule has 0 aromatic heterocycles. The van der Waals surface area contributed by atoms with Crippen LogP contribution in [0.15, 0.2) is 29.2 Å². The van der Waals surface area contributed by atoms with Gasteiger partial charge in [0.25, 0.3) is 0 Å². The van der Waals surface area contributed by atoms with E-state index < -0.39 is 0 Å². The van der Waals surface area contributed by atoms with E-state index in [1.165, 1.54) is 6.07 Å². The lowest BCUT2D eigenvalue weighted by atomic mass is 10.1. The molecule has 0 atom stereocenters. The average Bonchev–Trinajstić information content (AvgIpc) is 2.01. The van der Waals surface area contributed by atoms with E-state index in [1.54, 1.807) is 23.9 Å². The van der Waals surface area contributed by atoms with Crippen molar-refractivity contribution < 1.29 is 4.39 Å². The number of nitrogens with one attached hydrogen (secondary N) is 1. The largest absolute Gasteiger partial charge is 0.316 e. The zero-order chi connectivity index (χ0) is 9.10. The van der Waals surface area contributed by atoms with Crippen LogP contribution in [0.5, 0.6) is 0 Å². The van der Waals surface area contributed by atoms with Crippen molar-refractivity contribution in [1.29, 1.82) is 0 Å². The minimum Gasteiger partial charge on any atom is -0.316 e. The van der Waals surface area contributed by atoms with Crippen LogP contribution in [0, 0.1) is 11.7 Å². The molecule has 2 rings (SSSR count). The van der Waals surface area contributed by atoms with Gasteiger partial charge in [-0.1, -0.05) is 6.07 Å². The molecule has 1 heterocycles. The molecule has 0 bridgehead atoms. The van der Waals surface area contributed by atoms with Crippen LogP contribution >= 0.6 is 11.8 Å². The smallest absolute Gasteiger partial charge is 0.124 e. The molecule has 0 spiro atoms. The second kappa shape index (κ2) is 4.11. The Labute approximate surface area is 81.7 Å². The molecule has 3 heteroatoms. The zero-order valence-electron chi connectivity index (χ0n) is 7.29. The van der Waals surface area contributed by atoms with E-state index in [0.717, 1.165) is 29.7 Å². The summed E-state index contributed by atoms with van der Waals surface area (Å²) in [4.78, 5) is 1.03. The van der Waals surface area contributed by atoms with E-state index in [-0.39, 0.29) is 5.82 Å². The van der Waals surface area contributed by atoms with Crippen LogP contribution in [0.25, 0.3) is 0 Å². The van der Waals surface area contributed by atoms with Crippen LogP contribution in [0.4, 0.5) is 4.39 Å². The fraction of sp³-hybridized carbons (Fsp3) is 0.400.